The van der Waals surface area contributed by atoms with Gasteiger partial charge in [0.05, 0.1) is 11.8 Å². The van der Waals surface area contributed by atoms with Crippen molar-refractivity contribution in [2.75, 3.05) is 12.9 Å². The van der Waals surface area contributed by atoms with Crippen LogP contribution in [0.15, 0.2) is 35.5 Å². The SMILES string of the molecule is COCc1nnc(SCC#N)n1-c1ccccc1. The molecule has 1 aromatic carbocycles. The van der Waals surface area contributed by atoms with Crippen LogP contribution in [-0.2, 0) is 11.3 Å². The van der Waals surface area contributed by atoms with Crippen LogP contribution in [0.25, 0.3) is 5.69 Å². The molecular weight excluding hydrogens is 248 g/mol. The van der Waals surface area contributed by atoms with Gasteiger partial charge >= 0.3 is 0 Å². The van der Waals surface area contributed by atoms with Crippen LogP contribution >= 0.6 is 11.8 Å². The average Bonchev–Trinajstić information content (AvgIpc) is 2.81. The van der Waals surface area contributed by atoms with E-state index in [1.807, 2.05) is 34.9 Å². The summed E-state index contributed by atoms with van der Waals surface area (Å²) in [5.41, 5.74) is 0.968. The Morgan fingerprint density at radius 1 is 1.33 bits per heavy atom. The molecule has 0 aliphatic rings. The Morgan fingerprint density at radius 2 is 2.11 bits per heavy atom. The Kier molecular flexibility index (Phi) is 4.34. The molecule has 0 radical (unpaired) electrons. The zero-order valence-electron chi connectivity index (χ0n) is 9.91. The number of hydrogen-bond donors (Lipinski definition) is 0. The third-order valence-electron chi connectivity index (χ3n) is 2.25. The molecule has 5 nitrogen and oxygen atoms in total. The fraction of sp³-hybridized carbons (Fsp3) is 0.250. The van der Waals surface area contributed by atoms with Gasteiger partial charge in [0.25, 0.3) is 0 Å². The van der Waals surface area contributed by atoms with Gasteiger partial charge in [0.2, 0.25) is 0 Å². The molecule has 1 aromatic heterocycles. The van der Waals surface area contributed by atoms with E-state index >= 15 is 0 Å². The standard InChI is InChI=1S/C12H12N4OS/c1-17-9-11-14-15-12(18-8-7-13)16(11)10-5-3-2-4-6-10/h2-6H,8-9H2,1H3. The lowest BCUT2D eigenvalue weighted by Gasteiger charge is -2.08. The summed E-state index contributed by atoms with van der Waals surface area (Å²) in [6.45, 7) is 0.384. The summed E-state index contributed by atoms with van der Waals surface area (Å²) < 4.78 is 7.02. The molecule has 0 N–H and O–H groups in total. The van der Waals surface area contributed by atoms with Gasteiger partial charge in [0.1, 0.15) is 6.61 Å². The predicted octanol–water partition coefficient (Wildman–Crippen LogP) is 2.03. The minimum absolute atomic E-state index is 0.345. The zero-order valence-corrected chi connectivity index (χ0v) is 10.7. The third kappa shape index (κ3) is 2.70. The van der Waals surface area contributed by atoms with E-state index in [9.17, 15) is 0 Å². The minimum atomic E-state index is 0.345. The molecule has 0 aliphatic carbocycles. The largest absolute Gasteiger partial charge is 0.377 e. The number of hydrogen-bond acceptors (Lipinski definition) is 5. The van der Waals surface area contributed by atoms with E-state index in [0.717, 1.165) is 11.5 Å². The van der Waals surface area contributed by atoms with Gasteiger partial charge in [0, 0.05) is 12.8 Å². The van der Waals surface area contributed by atoms with E-state index in [1.54, 1.807) is 7.11 Å². The van der Waals surface area contributed by atoms with Crippen LogP contribution < -0.4 is 0 Å². The molecule has 0 unspecified atom stereocenters. The molecule has 0 saturated heterocycles. The monoisotopic (exact) mass is 260 g/mol. The third-order valence-corrected chi connectivity index (χ3v) is 3.05. The molecule has 6 heteroatoms. The smallest absolute Gasteiger partial charge is 0.196 e. The molecule has 0 spiro atoms. The number of ether oxygens (including phenoxy) is 1. The van der Waals surface area contributed by atoms with Gasteiger partial charge in [-0.15, -0.1) is 10.2 Å². The number of rotatable bonds is 5. The lowest BCUT2D eigenvalue weighted by Crippen LogP contribution is -2.03. The number of methoxy groups -OCH3 is 1. The van der Waals surface area contributed by atoms with E-state index in [1.165, 1.54) is 11.8 Å². The highest BCUT2D eigenvalue weighted by Gasteiger charge is 2.13. The number of nitrogens with zero attached hydrogens (tertiary/aromatic N) is 4. The van der Waals surface area contributed by atoms with E-state index in [2.05, 4.69) is 16.3 Å². The fourth-order valence-corrected chi connectivity index (χ4v) is 2.18. The second kappa shape index (κ2) is 6.19. The van der Waals surface area contributed by atoms with Gasteiger partial charge < -0.3 is 4.74 Å². The Hall–Kier alpha value is -1.84. The molecule has 2 rings (SSSR count). The maximum Gasteiger partial charge on any atom is 0.196 e. The van der Waals surface area contributed by atoms with Crippen molar-refractivity contribution in [2.24, 2.45) is 0 Å². The van der Waals surface area contributed by atoms with Gasteiger partial charge in [-0.05, 0) is 12.1 Å². The van der Waals surface area contributed by atoms with E-state index < -0.39 is 0 Å². The molecule has 0 aliphatic heterocycles. The summed E-state index contributed by atoms with van der Waals surface area (Å²) in [6.07, 6.45) is 0. The lowest BCUT2D eigenvalue weighted by molar-refractivity contribution is 0.176. The van der Waals surface area contributed by atoms with Crippen LogP contribution in [0.5, 0.6) is 0 Å². The Morgan fingerprint density at radius 3 is 2.78 bits per heavy atom. The van der Waals surface area contributed by atoms with Crippen LogP contribution in [0.3, 0.4) is 0 Å². The number of nitriles is 1. The molecule has 1 heterocycles. The summed E-state index contributed by atoms with van der Waals surface area (Å²) in [4.78, 5) is 0. The molecule has 0 atom stereocenters. The molecule has 2 aromatic rings. The van der Waals surface area contributed by atoms with Crippen molar-refractivity contribution in [1.29, 1.82) is 5.26 Å². The fourth-order valence-electron chi connectivity index (χ4n) is 1.55. The molecule has 0 fully saturated rings. The minimum Gasteiger partial charge on any atom is -0.377 e. The Balaban J connectivity index is 2.41. The van der Waals surface area contributed by atoms with Crippen LogP contribution in [0.1, 0.15) is 5.82 Å². The van der Waals surface area contributed by atoms with E-state index in [4.69, 9.17) is 10.00 Å². The van der Waals surface area contributed by atoms with Crippen LogP contribution in [0.2, 0.25) is 0 Å². The molecule has 0 amide bonds. The first-order valence-electron chi connectivity index (χ1n) is 5.35. The molecule has 0 saturated carbocycles. The summed E-state index contributed by atoms with van der Waals surface area (Å²) in [5, 5.41) is 17.5. The van der Waals surface area contributed by atoms with Crippen molar-refractivity contribution < 1.29 is 4.74 Å². The number of para-hydroxylation sites is 1. The topological polar surface area (TPSA) is 63.7 Å². The normalized spacial score (nSPS) is 10.2. The average molecular weight is 260 g/mol. The van der Waals surface area contributed by atoms with Gasteiger partial charge in [0.15, 0.2) is 11.0 Å². The first kappa shape index (κ1) is 12.6. The van der Waals surface area contributed by atoms with E-state index in [0.29, 0.717) is 17.5 Å². The Bertz CT molecular complexity index is 547. The summed E-state index contributed by atoms with van der Waals surface area (Å²) in [7, 11) is 1.62. The van der Waals surface area contributed by atoms with Crippen molar-refractivity contribution in [3.8, 4) is 11.8 Å². The van der Waals surface area contributed by atoms with E-state index in [-0.39, 0.29) is 0 Å². The van der Waals surface area contributed by atoms with Crippen LogP contribution in [0, 0.1) is 11.3 Å². The first-order valence-corrected chi connectivity index (χ1v) is 6.33. The highest BCUT2D eigenvalue weighted by atomic mass is 32.2. The summed E-state index contributed by atoms with van der Waals surface area (Å²) >= 11 is 1.36. The molecule has 0 bridgehead atoms. The van der Waals surface area contributed by atoms with Gasteiger partial charge in [-0.2, -0.15) is 5.26 Å². The number of benzene rings is 1. The quantitative estimate of drug-likeness (QED) is 0.770. The molecule has 92 valence electrons. The van der Waals surface area contributed by atoms with Gasteiger partial charge in [-0.3, -0.25) is 4.57 Å². The zero-order chi connectivity index (χ0) is 12.8. The summed E-state index contributed by atoms with van der Waals surface area (Å²) in [6, 6.07) is 11.9. The maximum absolute atomic E-state index is 8.65. The summed E-state index contributed by atoms with van der Waals surface area (Å²) in [5.74, 6) is 1.07. The number of thioether (sulfide) groups is 1. The highest BCUT2D eigenvalue weighted by molar-refractivity contribution is 7.99. The first-order chi connectivity index (χ1) is 8.86. The lowest BCUT2D eigenvalue weighted by atomic mass is 10.3. The maximum atomic E-state index is 8.65. The van der Waals surface area contributed by atoms with Gasteiger partial charge in [-0.25, -0.2) is 0 Å². The highest BCUT2D eigenvalue weighted by Crippen LogP contribution is 2.21. The van der Waals surface area contributed by atoms with Crippen molar-refractivity contribution in [3.63, 3.8) is 0 Å². The second-order valence-corrected chi connectivity index (χ2v) is 4.39. The van der Waals surface area contributed by atoms with Crippen molar-refractivity contribution in [3.05, 3.63) is 36.2 Å². The molecular formula is C12H12N4OS. The predicted molar refractivity (Wildman–Crippen MR) is 68.4 cm³/mol. The van der Waals surface area contributed by atoms with Gasteiger partial charge in [-0.1, -0.05) is 30.0 Å². The van der Waals surface area contributed by atoms with Crippen molar-refractivity contribution in [2.45, 2.75) is 11.8 Å². The van der Waals surface area contributed by atoms with Crippen LogP contribution in [0.4, 0.5) is 0 Å². The van der Waals surface area contributed by atoms with Crippen LogP contribution in [-0.4, -0.2) is 27.6 Å². The second-order valence-electron chi connectivity index (χ2n) is 3.45. The molecule has 18 heavy (non-hydrogen) atoms. The van der Waals surface area contributed by atoms with Crippen molar-refractivity contribution in [1.82, 2.24) is 14.8 Å². The van der Waals surface area contributed by atoms with Crippen molar-refractivity contribution >= 4 is 11.8 Å². The number of aromatic nitrogens is 3. The Labute approximate surface area is 109 Å².